The molecular weight excluding hydrogens is 336 g/mol. The molecular formula is C19H14N2O3S. The first-order valence-corrected chi connectivity index (χ1v) is 8.60. The molecule has 2 aromatic rings. The highest BCUT2D eigenvalue weighted by atomic mass is 32.2. The van der Waals surface area contributed by atoms with Crippen molar-refractivity contribution in [2.24, 2.45) is 0 Å². The van der Waals surface area contributed by atoms with E-state index in [0.29, 0.717) is 17.7 Å². The normalized spacial score (nSPS) is 19.4. The van der Waals surface area contributed by atoms with E-state index in [-0.39, 0.29) is 10.8 Å². The molecule has 0 spiro atoms. The zero-order valence-corrected chi connectivity index (χ0v) is 14.2. The molecule has 1 fully saturated rings. The van der Waals surface area contributed by atoms with Gasteiger partial charge in [-0.3, -0.25) is 19.7 Å². The van der Waals surface area contributed by atoms with Gasteiger partial charge in [0.25, 0.3) is 17.1 Å². The molecule has 0 radical (unpaired) electrons. The summed E-state index contributed by atoms with van der Waals surface area (Å²) < 4.78 is 0. The molecule has 2 aliphatic heterocycles. The Balaban J connectivity index is 1.79. The van der Waals surface area contributed by atoms with E-state index in [4.69, 9.17) is 0 Å². The maximum Gasteiger partial charge on any atom is 0.290 e. The van der Waals surface area contributed by atoms with Gasteiger partial charge in [-0.15, -0.1) is 0 Å². The van der Waals surface area contributed by atoms with Gasteiger partial charge in [0, 0.05) is 5.56 Å². The minimum Gasteiger partial charge on any atom is -0.303 e. The number of benzene rings is 2. The Hall–Kier alpha value is -2.86. The van der Waals surface area contributed by atoms with Crippen LogP contribution in [0.3, 0.4) is 0 Å². The summed E-state index contributed by atoms with van der Waals surface area (Å²) in [6.45, 7) is 2.42. The van der Waals surface area contributed by atoms with Crippen molar-refractivity contribution in [2.75, 3.05) is 4.90 Å². The monoisotopic (exact) mass is 350 g/mol. The fraction of sp³-hybridized carbons (Fsp3) is 0.105. The largest absolute Gasteiger partial charge is 0.303 e. The lowest BCUT2D eigenvalue weighted by Crippen LogP contribution is -2.26. The van der Waals surface area contributed by atoms with Crippen LogP contribution in [0.2, 0.25) is 0 Å². The first-order valence-electron chi connectivity index (χ1n) is 7.79. The van der Waals surface area contributed by atoms with Gasteiger partial charge >= 0.3 is 0 Å². The van der Waals surface area contributed by atoms with E-state index >= 15 is 0 Å². The fourth-order valence-corrected chi connectivity index (χ4v) is 3.78. The van der Waals surface area contributed by atoms with Crippen LogP contribution in [0.4, 0.5) is 10.5 Å². The van der Waals surface area contributed by atoms with Crippen LogP contribution in [-0.4, -0.2) is 17.1 Å². The standard InChI is InChI=1S/C19H14N2O3S/c1-11-6-8-12(9-7-11)10-21-14-5-3-2-4-13(14)15(18(21)23)16-17(22)20-19(24)25-16/h2-9H,10H2,1H3,(H,20,22,24). The van der Waals surface area contributed by atoms with E-state index in [1.165, 1.54) is 0 Å². The SMILES string of the molecule is Cc1ccc(CN2C(=O)C(=C3SC(=O)NC3=O)c3ccccc32)cc1. The predicted molar refractivity (Wildman–Crippen MR) is 96.9 cm³/mol. The summed E-state index contributed by atoms with van der Waals surface area (Å²) in [7, 11) is 0. The van der Waals surface area contributed by atoms with Crippen LogP contribution in [-0.2, 0) is 16.1 Å². The summed E-state index contributed by atoms with van der Waals surface area (Å²) in [5.74, 6) is -0.764. The summed E-state index contributed by atoms with van der Waals surface area (Å²) in [5, 5.41) is 1.77. The lowest BCUT2D eigenvalue weighted by molar-refractivity contribution is -0.116. The average Bonchev–Trinajstić information content (AvgIpc) is 3.06. The molecule has 6 heteroatoms. The van der Waals surface area contributed by atoms with Crippen LogP contribution >= 0.6 is 11.8 Å². The molecule has 0 aromatic heterocycles. The second-order valence-corrected chi connectivity index (χ2v) is 6.92. The molecule has 2 aliphatic rings. The number of carbonyl (C=O) groups excluding carboxylic acids is 3. The van der Waals surface area contributed by atoms with Gasteiger partial charge in [-0.25, -0.2) is 0 Å². The Labute approximate surface area is 148 Å². The highest BCUT2D eigenvalue weighted by molar-refractivity contribution is 8.18. The van der Waals surface area contributed by atoms with Crippen LogP contribution < -0.4 is 10.2 Å². The molecule has 25 heavy (non-hydrogen) atoms. The number of carbonyl (C=O) groups is 3. The number of anilines is 1. The van der Waals surface area contributed by atoms with Crippen LogP contribution in [0.1, 0.15) is 16.7 Å². The molecule has 1 N–H and O–H groups in total. The number of imide groups is 1. The summed E-state index contributed by atoms with van der Waals surface area (Å²) in [5.41, 5.74) is 3.89. The highest BCUT2D eigenvalue weighted by Gasteiger charge is 2.39. The lowest BCUT2D eigenvalue weighted by Gasteiger charge is -2.17. The minimum absolute atomic E-state index is 0.175. The van der Waals surface area contributed by atoms with E-state index in [0.717, 1.165) is 28.6 Å². The summed E-state index contributed by atoms with van der Waals surface area (Å²) in [6, 6.07) is 15.3. The van der Waals surface area contributed by atoms with Crippen molar-refractivity contribution in [2.45, 2.75) is 13.5 Å². The molecule has 2 aromatic carbocycles. The predicted octanol–water partition coefficient (Wildman–Crippen LogP) is 3.24. The number of fused-ring (bicyclic) bond motifs is 1. The second kappa shape index (κ2) is 5.89. The molecule has 1 saturated heterocycles. The van der Waals surface area contributed by atoms with Gasteiger partial charge < -0.3 is 4.90 Å². The Morgan fingerprint density at radius 2 is 1.72 bits per heavy atom. The van der Waals surface area contributed by atoms with Crippen molar-refractivity contribution in [3.8, 4) is 0 Å². The van der Waals surface area contributed by atoms with Gasteiger partial charge in [-0.1, -0.05) is 48.0 Å². The van der Waals surface area contributed by atoms with Crippen molar-refractivity contribution in [1.29, 1.82) is 0 Å². The van der Waals surface area contributed by atoms with Crippen molar-refractivity contribution in [1.82, 2.24) is 5.32 Å². The average molecular weight is 350 g/mol. The first kappa shape index (κ1) is 15.7. The summed E-state index contributed by atoms with van der Waals surface area (Å²) in [4.78, 5) is 38.4. The van der Waals surface area contributed by atoms with Gasteiger partial charge in [-0.2, -0.15) is 0 Å². The van der Waals surface area contributed by atoms with Gasteiger partial charge in [-0.05, 0) is 30.3 Å². The fourth-order valence-electron chi connectivity index (χ4n) is 3.01. The summed E-state index contributed by atoms with van der Waals surface area (Å²) >= 11 is 0.781. The third-order valence-corrected chi connectivity index (χ3v) is 5.11. The van der Waals surface area contributed by atoms with Crippen LogP contribution in [0, 0.1) is 6.92 Å². The molecule has 124 valence electrons. The topological polar surface area (TPSA) is 66.5 Å². The maximum absolute atomic E-state index is 13.0. The number of rotatable bonds is 2. The number of hydrogen-bond acceptors (Lipinski definition) is 4. The molecule has 4 rings (SSSR count). The van der Waals surface area contributed by atoms with Gasteiger partial charge in [0.2, 0.25) is 0 Å². The van der Waals surface area contributed by atoms with E-state index in [1.54, 1.807) is 11.0 Å². The Morgan fingerprint density at radius 1 is 1.00 bits per heavy atom. The van der Waals surface area contributed by atoms with Gasteiger partial charge in [0.05, 0.1) is 22.7 Å². The van der Waals surface area contributed by atoms with E-state index in [1.807, 2.05) is 49.4 Å². The van der Waals surface area contributed by atoms with Gasteiger partial charge in [0.1, 0.15) is 0 Å². The molecule has 5 nitrogen and oxygen atoms in total. The third kappa shape index (κ3) is 2.64. The summed E-state index contributed by atoms with van der Waals surface area (Å²) in [6.07, 6.45) is 0. The number of amides is 3. The molecule has 0 aliphatic carbocycles. The zero-order chi connectivity index (χ0) is 17.6. The molecule has 0 atom stereocenters. The number of hydrogen-bond donors (Lipinski definition) is 1. The highest BCUT2D eigenvalue weighted by Crippen LogP contribution is 2.43. The molecule has 0 bridgehead atoms. The number of nitrogens with one attached hydrogen (secondary N) is 1. The van der Waals surface area contributed by atoms with Crippen LogP contribution in [0.5, 0.6) is 0 Å². The van der Waals surface area contributed by atoms with Crippen molar-refractivity contribution in [3.05, 3.63) is 70.1 Å². The second-order valence-electron chi connectivity index (χ2n) is 5.94. The van der Waals surface area contributed by atoms with Gasteiger partial charge in [0.15, 0.2) is 0 Å². The molecule has 0 saturated carbocycles. The number of thioether (sulfide) groups is 1. The van der Waals surface area contributed by atoms with Crippen molar-refractivity contribution >= 4 is 40.1 Å². The minimum atomic E-state index is -0.509. The Bertz CT molecular complexity index is 947. The van der Waals surface area contributed by atoms with Crippen molar-refractivity contribution in [3.63, 3.8) is 0 Å². The third-order valence-electron chi connectivity index (χ3n) is 4.23. The molecule has 0 unspecified atom stereocenters. The number of nitrogens with zero attached hydrogens (tertiary/aromatic N) is 1. The Kier molecular flexibility index (Phi) is 3.69. The first-order chi connectivity index (χ1) is 12.0. The van der Waals surface area contributed by atoms with Crippen molar-refractivity contribution < 1.29 is 14.4 Å². The van der Waals surface area contributed by atoms with E-state index < -0.39 is 11.1 Å². The van der Waals surface area contributed by atoms with Crippen LogP contribution in [0.25, 0.3) is 5.57 Å². The number of aryl methyl sites for hydroxylation is 1. The van der Waals surface area contributed by atoms with E-state index in [2.05, 4.69) is 5.32 Å². The smallest absolute Gasteiger partial charge is 0.290 e. The quantitative estimate of drug-likeness (QED) is 0.845. The lowest BCUT2D eigenvalue weighted by atomic mass is 10.1. The Morgan fingerprint density at radius 3 is 2.40 bits per heavy atom. The van der Waals surface area contributed by atoms with E-state index in [9.17, 15) is 14.4 Å². The van der Waals surface area contributed by atoms with Crippen LogP contribution in [0.15, 0.2) is 53.4 Å². The molecule has 3 amide bonds. The molecule has 2 heterocycles. The zero-order valence-electron chi connectivity index (χ0n) is 13.4. The number of para-hydroxylation sites is 1. The maximum atomic E-state index is 13.0.